The second-order valence-electron chi connectivity index (χ2n) is 7.03. The molecule has 2 aromatic heterocycles. The molecule has 0 aliphatic rings. The first-order chi connectivity index (χ1) is 12.3. The van der Waals surface area contributed by atoms with Gasteiger partial charge in [-0.15, -0.1) is 0 Å². The number of rotatable bonds is 5. The van der Waals surface area contributed by atoms with Gasteiger partial charge in [0.2, 0.25) is 5.82 Å². The van der Waals surface area contributed by atoms with E-state index in [0.29, 0.717) is 11.4 Å². The number of aliphatic carboxylic acids is 1. The van der Waals surface area contributed by atoms with Gasteiger partial charge in [0, 0.05) is 28.9 Å². The van der Waals surface area contributed by atoms with Crippen molar-refractivity contribution in [2.45, 2.75) is 32.6 Å². The van der Waals surface area contributed by atoms with Crippen LogP contribution in [0, 0.1) is 0 Å². The lowest BCUT2D eigenvalue weighted by Crippen LogP contribution is -2.22. The van der Waals surface area contributed by atoms with E-state index in [1.807, 2.05) is 41.1 Å². The summed E-state index contributed by atoms with van der Waals surface area (Å²) < 4.78 is 5.29. The molecule has 0 radical (unpaired) electrons. The number of carbonyl (C=O) groups is 1. The number of aromatic nitrogens is 2. The van der Waals surface area contributed by atoms with Gasteiger partial charge >= 0.3 is 0 Å². The van der Waals surface area contributed by atoms with Gasteiger partial charge in [-0.05, 0) is 34.1 Å². The summed E-state index contributed by atoms with van der Waals surface area (Å²) in [5.74, 6) is -0.568. The largest absolute Gasteiger partial charge is 0.550 e. The van der Waals surface area contributed by atoms with Crippen molar-refractivity contribution in [3.05, 3.63) is 58.1 Å². The van der Waals surface area contributed by atoms with Gasteiger partial charge in [0.05, 0.1) is 0 Å². The first-order valence-electron chi connectivity index (χ1n) is 8.20. The minimum Gasteiger partial charge on any atom is -0.550 e. The van der Waals surface area contributed by atoms with Gasteiger partial charge in [-0.3, -0.25) is 0 Å². The third-order valence-electron chi connectivity index (χ3n) is 3.93. The van der Waals surface area contributed by atoms with Gasteiger partial charge in [0.25, 0.3) is 5.89 Å². The average Bonchev–Trinajstić information content (AvgIpc) is 3.25. The maximum atomic E-state index is 11.2. The monoisotopic (exact) mass is 367 g/mol. The van der Waals surface area contributed by atoms with Crippen molar-refractivity contribution in [2.24, 2.45) is 0 Å². The van der Waals surface area contributed by atoms with Crippen molar-refractivity contribution in [2.75, 3.05) is 0 Å². The molecule has 0 fully saturated rings. The third kappa shape index (κ3) is 4.26. The summed E-state index contributed by atoms with van der Waals surface area (Å²) in [7, 11) is 0. The van der Waals surface area contributed by atoms with Crippen molar-refractivity contribution >= 4 is 29.0 Å². The maximum Gasteiger partial charge on any atom is 0.254 e. The fraction of sp³-hybridized carbons (Fsp3) is 0.250. The van der Waals surface area contributed by atoms with Crippen LogP contribution in [0.1, 0.15) is 44.2 Å². The first-order valence-corrected chi connectivity index (χ1v) is 9.15. The van der Waals surface area contributed by atoms with Crippen LogP contribution >= 0.6 is 11.3 Å². The van der Waals surface area contributed by atoms with E-state index in [-0.39, 0.29) is 17.7 Å². The van der Waals surface area contributed by atoms with E-state index in [2.05, 4.69) is 30.9 Å². The molecule has 0 saturated heterocycles. The van der Waals surface area contributed by atoms with E-state index in [9.17, 15) is 9.90 Å². The second kappa shape index (κ2) is 7.25. The normalized spacial score (nSPS) is 12.3. The van der Waals surface area contributed by atoms with Gasteiger partial charge in [0.15, 0.2) is 0 Å². The number of carboxylic acids is 1. The summed E-state index contributed by atoms with van der Waals surface area (Å²) >= 11 is 1.53. The molecule has 0 spiro atoms. The van der Waals surface area contributed by atoms with Crippen LogP contribution < -0.4 is 5.11 Å². The van der Waals surface area contributed by atoms with Crippen LogP contribution in [0.3, 0.4) is 0 Å². The van der Waals surface area contributed by atoms with E-state index in [1.54, 1.807) is 6.08 Å². The SMILES string of the molecule is CC(C)(C)c1ccc(/C=C(\CC(=O)[O-])c2nc(-c3ccsc3)no2)cc1. The Kier molecular flexibility index (Phi) is 5.04. The maximum absolute atomic E-state index is 11.2. The van der Waals surface area contributed by atoms with Crippen LogP contribution in [0.2, 0.25) is 0 Å². The Morgan fingerprint density at radius 2 is 1.96 bits per heavy atom. The van der Waals surface area contributed by atoms with Crippen LogP contribution in [0.4, 0.5) is 0 Å². The molecule has 6 heteroatoms. The summed E-state index contributed by atoms with van der Waals surface area (Å²) in [5, 5.41) is 18.9. The molecule has 26 heavy (non-hydrogen) atoms. The highest BCUT2D eigenvalue weighted by molar-refractivity contribution is 7.08. The van der Waals surface area contributed by atoms with Gasteiger partial charge in [0.1, 0.15) is 0 Å². The number of carbonyl (C=O) groups excluding carboxylic acids is 1. The lowest BCUT2D eigenvalue weighted by molar-refractivity contribution is -0.304. The zero-order chi connectivity index (χ0) is 18.7. The van der Waals surface area contributed by atoms with E-state index >= 15 is 0 Å². The zero-order valence-corrected chi connectivity index (χ0v) is 15.7. The molecular weight excluding hydrogens is 348 g/mol. The third-order valence-corrected chi connectivity index (χ3v) is 4.62. The lowest BCUT2D eigenvalue weighted by atomic mass is 9.86. The van der Waals surface area contributed by atoms with Crippen molar-refractivity contribution in [3.8, 4) is 11.4 Å². The Labute approximate surface area is 156 Å². The molecule has 134 valence electrons. The molecule has 0 aliphatic heterocycles. The van der Waals surface area contributed by atoms with Crippen molar-refractivity contribution in [1.82, 2.24) is 10.1 Å². The van der Waals surface area contributed by atoms with Crippen molar-refractivity contribution < 1.29 is 14.4 Å². The Bertz CT molecular complexity index is 917. The summed E-state index contributed by atoms with van der Waals surface area (Å²) in [6.07, 6.45) is 1.44. The lowest BCUT2D eigenvalue weighted by Gasteiger charge is -2.18. The predicted molar refractivity (Wildman–Crippen MR) is 100 cm³/mol. The van der Waals surface area contributed by atoms with Crippen molar-refractivity contribution in [3.63, 3.8) is 0 Å². The first kappa shape index (κ1) is 18.1. The Morgan fingerprint density at radius 1 is 1.23 bits per heavy atom. The minimum absolute atomic E-state index is 0.0536. The molecule has 3 aromatic rings. The van der Waals surface area contributed by atoms with E-state index < -0.39 is 5.97 Å². The topological polar surface area (TPSA) is 79.0 Å². The second-order valence-corrected chi connectivity index (χ2v) is 7.81. The molecule has 0 amide bonds. The molecule has 0 atom stereocenters. The van der Waals surface area contributed by atoms with Crippen LogP contribution in [0.5, 0.6) is 0 Å². The number of hydrogen-bond acceptors (Lipinski definition) is 6. The number of nitrogens with zero attached hydrogens (tertiary/aromatic N) is 2. The number of benzene rings is 1. The van der Waals surface area contributed by atoms with Crippen LogP contribution in [-0.4, -0.2) is 16.1 Å². The highest BCUT2D eigenvalue weighted by atomic mass is 32.1. The predicted octanol–water partition coefficient (Wildman–Crippen LogP) is 3.78. The van der Waals surface area contributed by atoms with E-state index in [4.69, 9.17) is 4.52 Å². The molecule has 1 aromatic carbocycles. The molecule has 2 heterocycles. The zero-order valence-electron chi connectivity index (χ0n) is 14.9. The summed E-state index contributed by atoms with van der Waals surface area (Å²) in [6.45, 7) is 6.43. The molecule has 0 N–H and O–H groups in total. The van der Waals surface area contributed by atoms with Gasteiger partial charge in [-0.2, -0.15) is 16.3 Å². The molecule has 3 rings (SSSR count). The minimum atomic E-state index is -1.20. The molecule has 0 unspecified atom stereocenters. The molecule has 0 aliphatic carbocycles. The van der Waals surface area contributed by atoms with Crippen LogP contribution in [0.15, 0.2) is 45.6 Å². The number of hydrogen-bond donors (Lipinski definition) is 0. The van der Waals surface area contributed by atoms with Crippen LogP contribution in [0.25, 0.3) is 23.0 Å². The summed E-state index contributed by atoms with van der Waals surface area (Å²) in [6, 6.07) is 9.85. The number of carboxylic acid groups (broad SMARTS) is 1. The van der Waals surface area contributed by atoms with Gasteiger partial charge in [-0.1, -0.05) is 50.2 Å². The average molecular weight is 367 g/mol. The quantitative estimate of drug-likeness (QED) is 0.686. The standard InChI is InChI=1S/C20H20N2O3S/c1-20(2,3)16-6-4-13(5-7-16)10-15(11-17(23)24)19-21-18(22-25-19)14-8-9-26-12-14/h4-10,12H,11H2,1-3H3,(H,23,24)/p-1/b15-10+. The molecule has 5 nitrogen and oxygen atoms in total. The fourth-order valence-electron chi connectivity index (χ4n) is 2.49. The molecule has 0 saturated carbocycles. The van der Waals surface area contributed by atoms with Crippen molar-refractivity contribution in [1.29, 1.82) is 0 Å². The van der Waals surface area contributed by atoms with Crippen LogP contribution in [-0.2, 0) is 10.2 Å². The highest BCUT2D eigenvalue weighted by Gasteiger charge is 2.15. The summed E-state index contributed by atoms with van der Waals surface area (Å²) in [4.78, 5) is 15.5. The number of thiophene rings is 1. The Hall–Kier alpha value is -2.73. The highest BCUT2D eigenvalue weighted by Crippen LogP contribution is 2.26. The molecule has 0 bridgehead atoms. The Balaban J connectivity index is 1.93. The smallest absolute Gasteiger partial charge is 0.254 e. The Morgan fingerprint density at radius 3 is 2.54 bits per heavy atom. The summed E-state index contributed by atoms with van der Waals surface area (Å²) in [5.41, 5.74) is 3.38. The molecular formula is C20H19N2O3S-. The van der Waals surface area contributed by atoms with Gasteiger partial charge in [-0.25, -0.2) is 0 Å². The van der Waals surface area contributed by atoms with E-state index in [0.717, 1.165) is 11.1 Å². The van der Waals surface area contributed by atoms with E-state index in [1.165, 1.54) is 16.9 Å². The fourth-order valence-corrected chi connectivity index (χ4v) is 3.12. The van der Waals surface area contributed by atoms with Gasteiger partial charge < -0.3 is 14.4 Å².